The topological polar surface area (TPSA) is 138 Å². The molecule has 1 aromatic carbocycles. The molecular weight excluding hydrogens is 421 g/mol. The van der Waals surface area contributed by atoms with Crippen molar-refractivity contribution in [3.8, 4) is 6.07 Å². The van der Waals surface area contributed by atoms with Gasteiger partial charge in [-0.05, 0) is 57.5 Å². The van der Waals surface area contributed by atoms with E-state index in [1.807, 2.05) is 6.07 Å². The number of nitrogens with zero attached hydrogens (tertiary/aromatic N) is 3. The standard InChI is InChI=1S/C21H22FN5O3S/c1-20(2)19(24)27-21(3,8-9-31(20,29)30)15-10-14(5-6-16(15)22)26-18(28)17-7-4-13(11-23)12-25-17/h4-7,10,12H,8-9H2,1-3H3,(H2,24,27)(H,26,28). The fourth-order valence-corrected chi connectivity index (χ4v) is 4.74. The predicted molar refractivity (Wildman–Crippen MR) is 115 cm³/mol. The lowest BCUT2D eigenvalue weighted by Crippen LogP contribution is -2.45. The Bertz CT molecular complexity index is 1220. The SMILES string of the molecule is CC1(c2cc(NC(=O)c3ccc(C#N)cn3)ccc2F)CCS(=O)(=O)C(C)(C)C(N)=N1. The largest absolute Gasteiger partial charge is 0.386 e. The van der Waals surface area contributed by atoms with Crippen molar-refractivity contribution in [3.63, 3.8) is 0 Å². The van der Waals surface area contributed by atoms with E-state index < -0.39 is 31.8 Å². The second kappa shape index (κ2) is 7.74. The van der Waals surface area contributed by atoms with Crippen LogP contribution in [0, 0.1) is 17.1 Å². The van der Waals surface area contributed by atoms with Gasteiger partial charge in [-0.1, -0.05) is 0 Å². The van der Waals surface area contributed by atoms with Crippen LogP contribution in [0.25, 0.3) is 0 Å². The van der Waals surface area contributed by atoms with Crippen molar-refractivity contribution in [3.05, 3.63) is 59.2 Å². The average Bonchev–Trinajstić information content (AvgIpc) is 2.78. The highest BCUT2D eigenvalue weighted by molar-refractivity contribution is 7.93. The van der Waals surface area contributed by atoms with Gasteiger partial charge in [-0.25, -0.2) is 17.8 Å². The lowest BCUT2D eigenvalue weighted by atomic mass is 9.88. The molecule has 0 saturated carbocycles. The number of carbonyl (C=O) groups is 1. The zero-order valence-corrected chi connectivity index (χ0v) is 18.1. The monoisotopic (exact) mass is 443 g/mol. The first kappa shape index (κ1) is 22.4. The van der Waals surface area contributed by atoms with Crippen molar-refractivity contribution in [1.29, 1.82) is 5.26 Å². The number of hydrogen-bond acceptors (Lipinski definition) is 7. The van der Waals surface area contributed by atoms with E-state index in [1.54, 1.807) is 6.92 Å². The Labute approximate surface area is 179 Å². The number of carbonyl (C=O) groups excluding carboxylic acids is 1. The maximum absolute atomic E-state index is 14.8. The molecule has 1 aliphatic heterocycles. The molecule has 2 heterocycles. The molecule has 1 atom stereocenters. The Morgan fingerprint density at radius 2 is 1.97 bits per heavy atom. The Morgan fingerprint density at radius 3 is 2.58 bits per heavy atom. The lowest BCUT2D eigenvalue weighted by Gasteiger charge is -2.26. The van der Waals surface area contributed by atoms with E-state index in [-0.39, 0.29) is 35.0 Å². The van der Waals surface area contributed by atoms with Crippen LogP contribution in [0.4, 0.5) is 10.1 Å². The van der Waals surface area contributed by atoms with E-state index in [0.717, 1.165) is 0 Å². The molecule has 1 aliphatic rings. The molecule has 3 N–H and O–H groups in total. The summed E-state index contributed by atoms with van der Waals surface area (Å²) in [5.41, 5.74) is 5.59. The third-order valence-corrected chi connectivity index (χ3v) is 8.05. The van der Waals surface area contributed by atoms with Crippen LogP contribution in [-0.2, 0) is 15.4 Å². The molecule has 162 valence electrons. The number of sulfone groups is 1. The second-order valence-electron chi connectivity index (χ2n) is 8.04. The van der Waals surface area contributed by atoms with Crippen molar-refractivity contribution in [2.75, 3.05) is 11.1 Å². The molecule has 0 saturated heterocycles. The van der Waals surface area contributed by atoms with Crippen LogP contribution >= 0.6 is 0 Å². The molecule has 0 spiro atoms. The number of aromatic nitrogens is 1. The first-order valence-corrected chi connectivity index (χ1v) is 11.1. The highest BCUT2D eigenvalue weighted by atomic mass is 32.2. The molecule has 10 heteroatoms. The van der Waals surface area contributed by atoms with Crippen molar-refractivity contribution >= 4 is 27.3 Å². The van der Waals surface area contributed by atoms with Gasteiger partial charge in [0.25, 0.3) is 5.91 Å². The van der Waals surface area contributed by atoms with Crippen molar-refractivity contribution in [2.24, 2.45) is 10.7 Å². The molecule has 3 rings (SSSR count). The van der Waals surface area contributed by atoms with Gasteiger partial charge in [0, 0.05) is 17.4 Å². The van der Waals surface area contributed by atoms with Gasteiger partial charge in [0.05, 0.1) is 16.9 Å². The Balaban J connectivity index is 1.96. The van der Waals surface area contributed by atoms with Crippen LogP contribution in [0.5, 0.6) is 0 Å². The number of pyridine rings is 1. The summed E-state index contributed by atoms with van der Waals surface area (Å²) < 4.78 is 38.6. The highest BCUT2D eigenvalue weighted by Crippen LogP contribution is 2.38. The number of halogens is 1. The van der Waals surface area contributed by atoms with Gasteiger partial charge in [-0.2, -0.15) is 5.26 Å². The molecule has 0 fully saturated rings. The van der Waals surface area contributed by atoms with Crippen LogP contribution in [0.1, 0.15) is 48.8 Å². The summed E-state index contributed by atoms with van der Waals surface area (Å²) in [7, 11) is -3.59. The van der Waals surface area contributed by atoms with E-state index in [1.165, 1.54) is 50.4 Å². The maximum Gasteiger partial charge on any atom is 0.274 e. The number of amides is 1. The molecule has 31 heavy (non-hydrogen) atoms. The van der Waals surface area contributed by atoms with Crippen LogP contribution in [0.15, 0.2) is 41.5 Å². The number of anilines is 1. The van der Waals surface area contributed by atoms with E-state index in [9.17, 15) is 17.6 Å². The van der Waals surface area contributed by atoms with Gasteiger partial charge >= 0.3 is 0 Å². The normalized spacial score (nSPS) is 22.0. The summed E-state index contributed by atoms with van der Waals surface area (Å²) in [6.07, 6.45) is 1.31. The van der Waals surface area contributed by atoms with Crippen LogP contribution in [-0.4, -0.2) is 35.6 Å². The van der Waals surface area contributed by atoms with E-state index >= 15 is 0 Å². The summed E-state index contributed by atoms with van der Waals surface area (Å²) in [4.78, 5) is 20.8. The quantitative estimate of drug-likeness (QED) is 0.747. The summed E-state index contributed by atoms with van der Waals surface area (Å²) in [5, 5.41) is 11.5. The molecule has 0 bridgehead atoms. The molecule has 1 aromatic heterocycles. The molecule has 0 aliphatic carbocycles. The average molecular weight is 444 g/mol. The Hall–Kier alpha value is -3.32. The Kier molecular flexibility index (Phi) is 5.58. The Morgan fingerprint density at radius 1 is 1.26 bits per heavy atom. The fourth-order valence-electron chi connectivity index (χ4n) is 3.20. The van der Waals surface area contributed by atoms with Crippen molar-refractivity contribution in [1.82, 2.24) is 4.98 Å². The predicted octanol–water partition coefficient (Wildman–Crippen LogP) is 2.51. The fraction of sp³-hybridized carbons (Fsp3) is 0.333. The summed E-state index contributed by atoms with van der Waals surface area (Å²) in [6.45, 7) is 4.57. The van der Waals surface area contributed by atoms with E-state index in [4.69, 9.17) is 11.0 Å². The van der Waals surface area contributed by atoms with Gasteiger partial charge in [0.15, 0.2) is 9.84 Å². The van der Waals surface area contributed by atoms with Crippen LogP contribution in [0.2, 0.25) is 0 Å². The summed E-state index contributed by atoms with van der Waals surface area (Å²) >= 11 is 0. The minimum Gasteiger partial charge on any atom is -0.386 e. The maximum atomic E-state index is 14.8. The highest BCUT2D eigenvalue weighted by Gasteiger charge is 2.45. The van der Waals surface area contributed by atoms with Gasteiger partial charge < -0.3 is 11.1 Å². The van der Waals surface area contributed by atoms with Crippen molar-refractivity contribution in [2.45, 2.75) is 37.5 Å². The first-order chi connectivity index (χ1) is 14.4. The molecule has 1 amide bonds. The smallest absolute Gasteiger partial charge is 0.274 e. The number of aliphatic imine (C=N–C) groups is 1. The third kappa shape index (κ3) is 4.14. The first-order valence-electron chi connectivity index (χ1n) is 9.45. The van der Waals surface area contributed by atoms with Gasteiger partial charge in [-0.3, -0.25) is 9.79 Å². The lowest BCUT2D eigenvalue weighted by molar-refractivity contribution is 0.102. The number of nitrogens with one attached hydrogen (secondary N) is 1. The summed E-state index contributed by atoms with van der Waals surface area (Å²) in [6, 6.07) is 8.76. The van der Waals surface area contributed by atoms with Gasteiger partial charge in [0.1, 0.15) is 28.2 Å². The van der Waals surface area contributed by atoms with Gasteiger partial charge in [-0.15, -0.1) is 0 Å². The zero-order valence-electron chi connectivity index (χ0n) is 17.3. The zero-order chi connectivity index (χ0) is 23.0. The van der Waals surface area contributed by atoms with E-state index in [2.05, 4.69) is 15.3 Å². The summed E-state index contributed by atoms with van der Waals surface area (Å²) in [5.74, 6) is -1.44. The number of hydrogen-bond donors (Lipinski definition) is 2. The van der Waals surface area contributed by atoms with Crippen molar-refractivity contribution < 1.29 is 17.6 Å². The van der Waals surface area contributed by atoms with Gasteiger partial charge in [0.2, 0.25) is 0 Å². The minimum absolute atomic E-state index is 0.0327. The molecule has 1 unspecified atom stereocenters. The number of amidine groups is 1. The number of rotatable bonds is 3. The molecular formula is C21H22FN5O3S. The minimum atomic E-state index is -3.59. The third-order valence-electron chi connectivity index (χ3n) is 5.55. The number of nitrogens with two attached hydrogens (primary N) is 1. The van der Waals surface area contributed by atoms with E-state index in [0.29, 0.717) is 5.56 Å². The van der Waals surface area contributed by atoms with Crippen LogP contribution in [0.3, 0.4) is 0 Å². The second-order valence-corrected chi connectivity index (χ2v) is 10.7. The van der Waals surface area contributed by atoms with Crippen LogP contribution < -0.4 is 11.1 Å². The molecule has 2 aromatic rings. The molecule has 8 nitrogen and oxygen atoms in total. The molecule has 0 radical (unpaired) electrons. The number of benzene rings is 1. The number of nitriles is 1.